The summed E-state index contributed by atoms with van der Waals surface area (Å²) in [5.41, 5.74) is -3.85. The highest BCUT2D eigenvalue weighted by Gasteiger charge is 2.43. The molecule has 0 fully saturated rings. The second kappa shape index (κ2) is 8.67. The van der Waals surface area contributed by atoms with Crippen molar-refractivity contribution in [2.45, 2.75) is 12.4 Å². The Labute approximate surface area is 169 Å². The Bertz CT molecular complexity index is 880. The molecule has 2 rings (SSSR count). The predicted octanol–water partition coefficient (Wildman–Crippen LogP) is 7.26. The molecule has 1 aromatic heterocycles. The third-order valence-corrected chi connectivity index (χ3v) is 3.70. The molecule has 0 saturated heterocycles. The van der Waals surface area contributed by atoms with Crippen molar-refractivity contribution in [3.8, 4) is 17.4 Å². The van der Waals surface area contributed by atoms with E-state index in [2.05, 4.69) is 4.98 Å². The zero-order valence-corrected chi connectivity index (χ0v) is 15.6. The summed E-state index contributed by atoms with van der Waals surface area (Å²) < 4.78 is 87.5. The average molecular weight is 467 g/mol. The number of hydrogen-bond donors (Lipinski definition) is 0. The Morgan fingerprint density at radius 2 is 1.64 bits per heavy atom. The lowest BCUT2D eigenvalue weighted by Crippen LogP contribution is -2.17. The van der Waals surface area contributed by atoms with Crippen LogP contribution in [0.3, 0.4) is 0 Å². The van der Waals surface area contributed by atoms with E-state index in [1.807, 2.05) is 0 Å². The van der Waals surface area contributed by atoms with E-state index < -0.39 is 29.4 Å². The van der Waals surface area contributed by atoms with E-state index in [-0.39, 0.29) is 39.9 Å². The zero-order chi connectivity index (χ0) is 21.1. The van der Waals surface area contributed by atoms with Gasteiger partial charge >= 0.3 is 12.4 Å². The van der Waals surface area contributed by atoms with Crippen molar-refractivity contribution >= 4 is 34.8 Å². The molecule has 3 nitrogen and oxygen atoms in total. The van der Waals surface area contributed by atoms with Crippen LogP contribution in [-0.2, 0) is 12.4 Å². The first kappa shape index (κ1) is 22.4. The second-order valence-corrected chi connectivity index (χ2v) is 6.48. The standard InChI is InChI=1S/C16H8Cl3F6NO2/c17-11-5-8(27-4-3-13(18)19)1-2-12(11)28-14-6-9(15(20,21)22)10(7-26-14)16(23,24)25/h1-3,5-7H,4H2. The summed E-state index contributed by atoms with van der Waals surface area (Å²) in [5, 5.41) is -0.0753. The maximum absolute atomic E-state index is 13.0. The summed E-state index contributed by atoms with van der Waals surface area (Å²) in [5.74, 6) is -0.590. The summed E-state index contributed by atoms with van der Waals surface area (Å²) in [6.45, 7) is 0.0221. The number of aromatic nitrogens is 1. The van der Waals surface area contributed by atoms with Gasteiger partial charge in [-0.15, -0.1) is 0 Å². The van der Waals surface area contributed by atoms with Crippen molar-refractivity contribution < 1.29 is 35.8 Å². The van der Waals surface area contributed by atoms with Gasteiger partial charge in [0, 0.05) is 18.3 Å². The number of ether oxygens (including phenoxy) is 2. The maximum Gasteiger partial charge on any atom is 0.418 e. The summed E-state index contributed by atoms with van der Waals surface area (Å²) >= 11 is 16.8. The van der Waals surface area contributed by atoms with Gasteiger partial charge in [-0.25, -0.2) is 4.98 Å². The predicted molar refractivity (Wildman–Crippen MR) is 91.1 cm³/mol. The van der Waals surface area contributed by atoms with Crippen molar-refractivity contribution in [2.75, 3.05) is 6.61 Å². The Morgan fingerprint density at radius 1 is 1.00 bits per heavy atom. The topological polar surface area (TPSA) is 31.4 Å². The molecule has 0 aliphatic carbocycles. The molecule has 0 saturated carbocycles. The van der Waals surface area contributed by atoms with E-state index in [1.165, 1.54) is 24.3 Å². The fourth-order valence-electron chi connectivity index (χ4n) is 1.92. The molecule has 1 heterocycles. The molecule has 0 aliphatic heterocycles. The SMILES string of the molecule is FC(F)(F)c1cnc(Oc2ccc(OCC=C(Cl)Cl)cc2Cl)cc1C(F)(F)F. The molecule has 12 heteroatoms. The first-order valence-corrected chi connectivity index (χ1v) is 8.27. The fourth-order valence-corrected chi connectivity index (χ4v) is 2.26. The molecule has 0 N–H and O–H groups in total. The van der Waals surface area contributed by atoms with Gasteiger partial charge < -0.3 is 9.47 Å². The molecule has 152 valence electrons. The lowest BCUT2D eigenvalue weighted by Gasteiger charge is -2.16. The van der Waals surface area contributed by atoms with Gasteiger partial charge in [-0.3, -0.25) is 0 Å². The first-order chi connectivity index (χ1) is 12.9. The molecule has 0 spiro atoms. The molecule has 0 bridgehead atoms. The van der Waals surface area contributed by atoms with Gasteiger partial charge in [-0.05, 0) is 18.2 Å². The molecular weight excluding hydrogens is 459 g/mol. The minimum atomic E-state index is -5.26. The van der Waals surface area contributed by atoms with Crippen molar-refractivity contribution in [2.24, 2.45) is 0 Å². The molecule has 0 atom stereocenters. The van der Waals surface area contributed by atoms with Crippen molar-refractivity contribution in [3.63, 3.8) is 0 Å². The third-order valence-electron chi connectivity index (χ3n) is 3.10. The van der Waals surface area contributed by atoms with Crippen LogP contribution in [0.25, 0.3) is 0 Å². The van der Waals surface area contributed by atoms with Gasteiger partial charge in [0.2, 0.25) is 5.88 Å². The fraction of sp³-hybridized carbons (Fsp3) is 0.188. The zero-order valence-electron chi connectivity index (χ0n) is 13.3. The van der Waals surface area contributed by atoms with Crippen LogP contribution in [0.15, 0.2) is 41.0 Å². The minimum absolute atomic E-state index is 0.0140. The van der Waals surface area contributed by atoms with Crippen LogP contribution in [0.1, 0.15) is 11.1 Å². The lowest BCUT2D eigenvalue weighted by molar-refractivity contribution is -0.162. The third kappa shape index (κ3) is 6.08. The highest BCUT2D eigenvalue weighted by atomic mass is 35.5. The highest BCUT2D eigenvalue weighted by Crippen LogP contribution is 2.42. The Hall–Kier alpha value is -1.84. The van der Waals surface area contributed by atoms with Gasteiger partial charge in [0.15, 0.2) is 0 Å². The van der Waals surface area contributed by atoms with Crippen molar-refractivity contribution in [1.29, 1.82) is 0 Å². The minimum Gasteiger partial charge on any atom is -0.489 e. The molecule has 28 heavy (non-hydrogen) atoms. The van der Waals surface area contributed by atoms with Crippen LogP contribution < -0.4 is 9.47 Å². The summed E-state index contributed by atoms with van der Waals surface area (Å²) in [6.07, 6.45) is -9.09. The number of benzene rings is 1. The number of nitrogens with zero attached hydrogens (tertiary/aromatic N) is 1. The van der Waals surface area contributed by atoms with Gasteiger partial charge in [-0.1, -0.05) is 34.8 Å². The smallest absolute Gasteiger partial charge is 0.418 e. The molecule has 2 aromatic rings. The van der Waals surface area contributed by atoms with E-state index in [0.717, 1.165) is 0 Å². The molecule has 0 amide bonds. The Balaban J connectivity index is 2.27. The summed E-state index contributed by atoms with van der Waals surface area (Å²) in [4.78, 5) is 3.28. The van der Waals surface area contributed by atoms with Crippen LogP contribution in [-0.4, -0.2) is 11.6 Å². The van der Waals surface area contributed by atoms with Crippen LogP contribution in [0.4, 0.5) is 26.3 Å². The van der Waals surface area contributed by atoms with Crippen molar-refractivity contribution in [3.05, 3.63) is 57.2 Å². The number of halogens is 9. The summed E-state index contributed by atoms with van der Waals surface area (Å²) in [7, 11) is 0. The molecule has 0 unspecified atom stereocenters. The normalized spacial score (nSPS) is 11.9. The monoisotopic (exact) mass is 465 g/mol. The van der Waals surface area contributed by atoms with Crippen LogP contribution in [0.2, 0.25) is 5.02 Å². The van der Waals surface area contributed by atoms with Gasteiger partial charge in [0.25, 0.3) is 0 Å². The van der Waals surface area contributed by atoms with Gasteiger partial charge in [0.05, 0.1) is 16.1 Å². The van der Waals surface area contributed by atoms with E-state index in [9.17, 15) is 26.3 Å². The van der Waals surface area contributed by atoms with Crippen LogP contribution in [0.5, 0.6) is 17.4 Å². The quantitative estimate of drug-likeness (QED) is 0.435. The van der Waals surface area contributed by atoms with E-state index in [0.29, 0.717) is 0 Å². The van der Waals surface area contributed by atoms with E-state index >= 15 is 0 Å². The Morgan fingerprint density at radius 3 is 2.18 bits per heavy atom. The largest absolute Gasteiger partial charge is 0.489 e. The van der Waals surface area contributed by atoms with E-state index in [4.69, 9.17) is 44.3 Å². The molecule has 0 radical (unpaired) electrons. The van der Waals surface area contributed by atoms with Gasteiger partial charge in [0.1, 0.15) is 22.6 Å². The second-order valence-electron chi connectivity index (χ2n) is 5.06. The Kier molecular flexibility index (Phi) is 6.95. The van der Waals surface area contributed by atoms with E-state index in [1.54, 1.807) is 0 Å². The maximum atomic E-state index is 13.0. The number of hydrogen-bond acceptors (Lipinski definition) is 3. The number of pyridine rings is 1. The molecule has 0 aliphatic rings. The average Bonchev–Trinajstić information content (AvgIpc) is 2.55. The first-order valence-electron chi connectivity index (χ1n) is 7.13. The highest BCUT2D eigenvalue weighted by molar-refractivity contribution is 6.55. The number of alkyl halides is 6. The number of rotatable bonds is 5. The summed E-state index contributed by atoms with van der Waals surface area (Å²) in [6, 6.07) is 4.04. The van der Waals surface area contributed by atoms with Gasteiger partial charge in [-0.2, -0.15) is 26.3 Å². The van der Waals surface area contributed by atoms with Crippen LogP contribution in [0, 0.1) is 0 Å². The van der Waals surface area contributed by atoms with Crippen molar-refractivity contribution in [1.82, 2.24) is 4.98 Å². The lowest BCUT2D eigenvalue weighted by atomic mass is 10.1. The molecule has 1 aromatic carbocycles. The molecular formula is C16H8Cl3F6NO2. The van der Waals surface area contributed by atoms with Crippen LogP contribution >= 0.6 is 34.8 Å².